The minimum Gasteiger partial charge on any atom is -0.313 e. The molecule has 0 spiro atoms. The van der Waals surface area contributed by atoms with Crippen molar-refractivity contribution in [2.75, 3.05) is 13.1 Å². The third-order valence-corrected chi connectivity index (χ3v) is 2.09. The quantitative estimate of drug-likeness (QED) is 0.634. The van der Waals surface area contributed by atoms with Gasteiger partial charge in [-0.2, -0.15) is 0 Å². The standard InChI is InChI=1S/C9H18ClN/c1-4-9(2,3)8-11-7-5-6-10/h5-6,11H,4,7-8H2,1-3H3/b6-5+. The molecule has 0 unspecified atom stereocenters. The van der Waals surface area contributed by atoms with Gasteiger partial charge in [-0.3, -0.25) is 0 Å². The van der Waals surface area contributed by atoms with Crippen LogP contribution in [0.2, 0.25) is 0 Å². The zero-order valence-electron chi connectivity index (χ0n) is 7.65. The fraction of sp³-hybridized carbons (Fsp3) is 0.778. The monoisotopic (exact) mass is 175 g/mol. The second-order valence-corrected chi connectivity index (χ2v) is 3.76. The van der Waals surface area contributed by atoms with E-state index in [-0.39, 0.29) is 0 Å². The predicted molar refractivity (Wildman–Crippen MR) is 51.9 cm³/mol. The summed E-state index contributed by atoms with van der Waals surface area (Å²) in [4.78, 5) is 0. The number of rotatable bonds is 5. The van der Waals surface area contributed by atoms with Gasteiger partial charge in [-0.05, 0) is 11.8 Å². The van der Waals surface area contributed by atoms with Gasteiger partial charge in [0.2, 0.25) is 0 Å². The van der Waals surface area contributed by atoms with Crippen LogP contribution in [0.25, 0.3) is 0 Å². The molecule has 0 rings (SSSR count). The normalized spacial score (nSPS) is 12.7. The first-order chi connectivity index (χ1) is 5.12. The topological polar surface area (TPSA) is 12.0 Å². The van der Waals surface area contributed by atoms with E-state index in [1.54, 1.807) is 5.54 Å². The predicted octanol–water partition coefficient (Wildman–Crippen LogP) is 2.76. The van der Waals surface area contributed by atoms with Crippen LogP contribution in [0.5, 0.6) is 0 Å². The smallest absolute Gasteiger partial charge is 0.0146 e. The fourth-order valence-corrected chi connectivity index (χ4v) is 0.753. The van der Waals surface area contributed by atoms with E-state index in [2.05, 4.69) is 26.1 Å². The Morgan fingerprint density at radius 1 is 1.45 bits per heavy atom. The Kier molecular flexibility index (Phi) is 5.61. The van der Waals surface area contributed by atoms with Crippen molar-refractivity contribution in [3.63, 3.8) is 0 Å². The van der Waals surface area contributed by atoms with E-state index < -0.39 is 0 Å². The first kappa shape index (κ1) is 11.0. The molecule has 0 amide bonds. The minimum atomic E-state index is 0.403. The molecule has 11 heavy (non-hydrogen) atoms. The van der Waals surface area contributed by atoms with Crippen LogP contribution in [-0.2, 0) is 0 Å². The molecule has 0 atom stereocenters. The molecule has 0 aromatic heterocycles. The molecule has 0 aromatic rings. The number of hydrogen-bond donors (Lipinski definition) is 1. The van der Waals surface area contributed by atoms with Crippen LogP contribution in [0.3, 0.4) is 0 Å². The summed E-state index contributed by atoms with van der Waals surface area (Å²) < 4.78 is 0. The van der Waals surface area contributed by atoms with Gasteiger partial charge in [-0.15, -0.1) is 0 Å². The number of nitrogens with one attached hydrogen (secondary N) is 1. The summed E-state index contributed by atoms with van der Waals surface area (Å²) in [6.45, 7) is 8.63. The number of hydrogen-bond acceptors (Lipinski definition) is 1. The maximum atomic E-state index is 5.36. The van der Waals surface area contributed by atoms with Gasteiger partial charge in [0.05, 0.1) is 0 Å². The summed E-state index contributed by atoms with van der Waals surface area (Å²) in [5.41, 5.74) is 1.95. The summed E-state index contributed by atoms with van der Waals surface area (Å²) in [7, 11) is 0. The Morgan fingerprint density at radius 2 is 2.09 bits per heavy atom. The molecular weight excluding hydrogens is 158 g/mol. The van der Waals surface area contributed by atoms with E-state index >= 15 is 0 Å². The molecule has 0 aliphatic rings. The van der Waals surface area contributed by atoms with Gasteiger partial charge in [0.25, 0.3) is 0 Å². The highest BCUT2D eigenvalue weighted by molar-refractivity contribution is 6.25. The summed E-state index contributed by atoms with van der Waals surface area (Å²) in [6.07, 6.45) is 3.11. The molecule has 0 aliphatic carbocycles. The molecule has 66 valence electrons. The molecule has 0 radical (unpaired) electrons. The van der Waals surface area contributed by atoms with Crippen molar-refractivity contribution >= 4 is 11.6 Å². The summed E-state index contributed by atoms with van der Waals surface area (Å²) in [5.74, 6) is 0. The van der Waals surface area contributed by atoms with E-state index in [4.69, 9.17) is 11.6 Å². The van der Waals surface area contributed by atoms with E-state index in [1.807, 2.05) is 6.08 Å². The molecule has 0 fully saturated rings. The molecule has 0 aromatic carbocycles. The lowest BCUT2D eigenvalue weighted by atomic mass is 9.90. The van der Waals surface area contributed by atoms with Crippen molar-refractivity contribution in [3.05, 3.63) is 11.6 Å². The highest BCUT2D eigenvalue weighted by Crippen LogP contribution is 2.17. The van der Waals surface area contributed by atoms with Crippen molar-refractivity contribution in [3.8, 4) is 0 Å². The molecular formula is C9H18ClN. The zero-order valence-corrected chi connectivity index (χ0v) is 8.41. The Labute approximate surface area is 74.8 Å². The van der Waals surface area contributed by atoms with Crippen LogP contribution in [0.4, 0.5) is 0 Å². The van der Waals surface area contributed by atoms with Gasteiger partial charge in [0.15, 0.2) is 0 Å². The lowest BCUT2D eigenvalue weighted by Crippen LogP contribution is -2.28. The van der Waals surface area contributed by atoms with E-state index in [0.29, 0.717) is 5.41 Å². The molecule has 0 saturated heterocycles. The van der Waals surface area contributed by atoms with Gasteiger partial charge < -0.3 is 5.32 Å². The number of halogens is 1. The Hall–Kier alpha value is -0.0100. The summed E-state index contributed by atoms with van der Waals surface area (Å²) in [5, 5.41) is 3.31. The Morgan fingerprint density at radius 3 is 2.55 bits per heavy atom. The second kappa shape index (κ2) is 5.62. The van der Waals surface area contributed by atoms with Gasteiger partial charge in [0.1, 0.15) is 0 Å². The largest absolute Gasteiger partial charge is 0.313 e. The van der Waals surface area contributed by atoms with E-state index in [1.165, 1.54) is 6.42 Å². The first-order valence-electron chi connectivity index (χ1n) is 4.08. The van der Waals surface area contributed by atoms with Crippen LogP contribution >= 0.6 is 11.6 Å². The molecule has 0 aliphatic heterocycles. The third kappa shape index (κ3) is 6.39. The fourth-order valence-electron chi connectivity index (χ4n) is 0.663. The highest BCUT2D eigenvalue weighted by atomic mass is 35.5. The van der Waals surface area contributed by atoms with Gasteiger partial charge in [-0.25, -0.2) is 0 Å². The minimum absolute atomic E-state index is 0.403. The lowest BCUT2D eigenvalue weighted by Gasteiger charge is -2.22. The zero-order chi connectivity index (χ0) is 8.74. The SMILES string of the molecule is CCC(C)(C)CNC/C=C/Cl. The van der Waals surface area contributed by atoms with Crippen molar-refractivity contribution in [2.45, 2.75) is 27.2 Å². The Balaban J connectivity index is 3.37. The van der Waals surface area contributed by atoms with Crippen molar-refractivity contribution in [1.82, 2.24) is 5.32 Å². The van der Waals surface area contributed by atoms with Crippen LogP contribution in [-0.4, -0.2) is 13.1 Å². The van der Waals surface area contributed by atoms with Crippen LogP contribution in [0.1, 0.15) is 27.2 Å². The van der Waals surface area contributed by atoms with E-state index in [0.717, 1.165) is 13.1 Å². The average Bonchev–Trinajstić information content (AvgIpc) is 1.99. The average molecular weight is 176 g/mol. The summed E-state index contributed by atoms with van der Waals surface area (Å²) in [6, 6.07) is 0. The lowest BCUT2D eigenvalue weighted by molar-refractivity contribution is 0.334. The van der Waals surface area contributed by atoms with Crippen LogP contribution < -0.4 is 5.32 Å². The first-order valence-corrected chi connectivity index (χ1v) is 4.52. The van der Waals surface area contributed by atoms with Gasteiger partial charge in [0, 0.05) is 18.6 Å². The van der Waals surface area contributed by atoms with Gasteiger partial charge >= 0.3 is 0 Å². The van der Waals surface area contributed by atoms with Crippen molar-refractivity contribution in [2.24, 2.45) is 5.41 Å². The third-order valence-electron chi connectivity index (χ3n) is 1.91. The molecule has 2 heteroatoms. The van der Waals surface area contributed by atoms with Crippen molar-refractivity contribution in [1.29, 1.82) is 0 Å². The molecule has 1 nitrogen and oxygen atoms in total. The van der Waals surface area contributed by atoms with Crippen molar-refractivity contribution < 1.29 is 0 Å². The van der Waals surface area contributed by atoms with E-state index in [9.17, 15) is 0 Å². The van der Waals surface area contributed by atoms with Crippen LogP contribution in [0.15, 0.2) is 11.6 Å². The summed E-state index contributed by atoms with van der Waals surface area (Å²) >= 11 is 5.36. The highest BCUT2D eigenvalue weighted by Gasteiger charge is 2.12. The van der Waals surface area contributed by atoms with Crippen LogP contribution in [0, 0.1) is 5.41 Å². The molecule has 0 bridgehead atoms. The van der Waals surface area contributed by atoms with Gasteiger partial charge in [-0.1, -0.05) is 38.4 Å². The Bertz CT molecular complexity index is 119. The molecule has 0 saturated carbocycles. The maximum absolute atomic E-state index is 5.36. The molecule has 1 N–H and O–H groups in total. The second-order valence-electron chi connectivity index (χ2n) is 3.51. The molecule has 0 heterocycles. The maximum Gasteiger partial charge on any atom is 0.0146 e.